The van der Waals surface area contributed by atoms with E-state index < -0.39 is 0 Å². The van der Waals surface area contributed by atoms with Crippen LogP contribution in [0.15, 0.2) is 42.6 Å². The van der Waals surface area contributed by atoms with Crippen molar-refractivity contribution in [3.8, 4) is 5.75 Å². The van der Waals surface area contributed by atoms with Crippen molar-refractivity contribution >= 4 is 21.6 Å². The summed E-state index contributed by atoms with van der Waals surface area (Å²) < 4.78 is 5.42. The molecule has 90 valence electrons. The number of hydrogen-bond donors (Lipinski definition) is 1. The zero-order valence-electron chi connectivity index (χ0n) is 9.87. The van der Waals surface area contributed by atoms with Crippen LogP contribution in [0.5, 0.6) is 5.75 Å². The summed E-state index contributed by atoms with van der Waals surface area (Å²) in [6.07, 6.45) is 3.15. The number of allylic oxidation sites excluding steroid dienone is 2. The van der Waals surface area contributed by atoms with E-state index >= 15 is 0 Å². The molecule has 0 bridgehead atoms. The van der Waals surface area contributed by atoms with Crippen LogP contribution in [-0.2, 0) is 0 Å². The maximum absolute atomic E-state index is 5.42. The van der Waals surface area contributed by atoms with Gasteiger partial charge in [-0.1, -0.05) is 28.6 Å². The van der Waals surface area contributed by atoms with Gasteiger partial charge in [0.2, 0.25) is 0 Å². The van der Waals surface area contributed by atoms with Crippen LogP contribution in [0.4, 0.5) is 0 Å². The number of nitrogens with one attached hydrogen (secondary N) is 1. The molecule has 1 heterocycles. The lowest BCUT2D eigenvalue weighted by molar-refractivity contribution is 0.340. The summed E-state index contributed by atoms with van der Waals surface area (Å²) in [6, 6.07) is 8.10. The summed E-state index contributed by atoms with van der Waals surface area (Å²) in [6.45, 7) is 6.68. The van der Waals surface area contributed by atoms with Crippen molar-refractivity contribution in [2.24, 2.45) is 0 Å². The Kier molecular flexibility index (Phi) is 3.89. The van der Waals surface area contributed by atoms with Gasteiger partial charge in [0.15, 0.2) is 0 Å². The number of alkyl halides is 1. The van der Waals surface area contributed by atoms with E-state index in [1.807, 2.05) is 19.1 Å². The quantitative estimate of drug-likeness (QED) is 0.858. The number of hydrogen-bond acceptors (Lipinski definition) is 2. The third-order valence-electron chi connectivity index (χ3n) is 2.68. The molecule has 0 radical (unpaired) electrons. The first-order chi connectivity index (χ1) is 8.20. The predicted octanol–water partition coefficient (Wildman–Crippen LogP) is 3.70. The van der Waals surface area contributed by atoms with Crippen molar-refractivity contribution in [2.75, 3.05) is 6.61 Å². The Labute approximate surface area is 110 Å². The fraction of sp³-hybridized carbons (Fsp3) is 0.286. The van der Waals surface area contributed by atoms with Crippen LogP contribution in [0.2, 0.25) is 0 Å². The molecule has 0 spiro atoms. The number of halogens is 1. The lowest BCUT2D eigenvalue weighted by Crippen LogP contribution is -2.22. The second kappa shape index (κ2) is 5.41. The summed E-state index contributed by atoms with van der Waals surface area (Å²) in [5.74, 6) is 0.907. The zero-order valence-corrected chi connectivity index (χ0v) is 11.5. The Balaban J connectivity index is 2.15. The molecule has 2 nitrogen and oxygen atoms in total. The molecular formula is C14H16BrNO. The number of benzene rings is 1. The van der Waals surface area contributed by atoms with Crippen LogP contribution in [0.3, 0.4) is 0 Å². The molecule has 1 aromatic carbocycles. The Bertz CT molecular complexity index is 436. The first-order valence-electron chi connectivity index (χ1n) is 5.74. The minimum absolute atomic E-state index is 0.328. The van der Waals surface area contributed by atoms with Crippen molar-refractivity contribution in [2.45, 2.75) is 18.2 Å². The van der Waals surface area contributed by atoms with Crippen molar-refractivity contribution in [1.82, 2.24) is 5.32 Å². The lowest BCUT2D eigenvalue weighted by atomic mass is 10.1. The second-order valence-corrected chi connectivity index (χ2v) is 5.03. The van der Waals surface area contributed by atoms with Crippen LogP contribution in [0, 0.1) is 0 Å². The van der Waals surface area contributed by atoms with Crippen molar-refractivity contribution < 1.29 is 4.74 Å². The summed E-state index contributed by atoms with van der Waals surface area (Å²) >= 11 is 3.56. The molecule has 1 atom stereocenters. The van der Waals surface area contributed by atoms with Gasteiger partial charge in [-0.05, 0) is 43.2 Å². The Morgan fingerprint density at radius 3 is 2.71 bits per heavy atom. The van der Waals surface area contributed by atoms with E-state index in [9.17, 15) is 0 Å². The summed E-state index contributed by atoms with van der Waals surface area (Å²) in [5.41, 5.74) is 3.29. The van der Waals surface area contributed by atoms with E-state index in [4.69, 9.17) is 4.74 Å². The fourth-order valence-electron chi connectivity index (χ4n) is 1.75. The van der Waals surface area contributed by atoms with Gasteiger partial charge in [-0.25, -0.2) is 0 Å². The molecule has 1 aliphatic rings. The van der Waals surface area contributed by atoms with Gasteiger partial charge in [-0.2, -0.15) is 0 Å². The van der Waals surface area contributed by atoms with E-state index in [1.54, 1.807) is 0 Å². The molecule has 17 heavy (non-hydrogen) atoms. The average Bonchev–Trinajstić information content (AvgIpc) is 2.34. The molecular weight excluding hydrogens is 278 g/mol. The smallest absolute Gasteiger partial charge is 0.119 e. The molecule has 1 unspecified atom stereocenters. The van der Waals surface area contributed by atoms with Gasteiger partial charge in [-0.15, -0.1) is 0 Å². The first-order valence-corrected chi connectivity index (χ1v) is 6.65. The fourth-order valence-corrected chi connectivity index (χ4v) is 2.05. The minimum Gasteiger partial charge on any atom is -0.494 e. The Morgan fingerprint density at radius 1 is 1.41 bits per heavy atom. The van der Waals surface area contributed by atoms with E-state index in [0.29, 0.717) is 11.4 Å². The van der Waals surface area contributed by atoms with Crippen LogP contribution in [0.25, 0.3) is 5.70 Å². The third-order valence-corrected chi connectivity index (χ3v) is 3.61. The van der Waals surface area contributed by atoms with Crippen molar-refractivity contribution in [1.29, 1.82) is 0 Å². The van der Waals surface area contributed by atoms with Gasteiger partial charge in [0.25, 0.3) is 0 Å². The van der Waals surface area contributed by atoms with Crippen LogP contribution in [-0.4, -0.2) is 11.4 Å². The highest BCUT2D eigenvalue weighted by molar-refractivity contribution is 9.09. The molecule has 0 amide bonds. The van der Waals surface area contributed by atoms with Crippen LogP contribution >= 0.6 is 15.9 Å². The van der Waals surface area contributed by atoms with E-state index in [2.05, 4.69) is 46.0 Å². The van der Waals surface area contributed by atoms with E-state index in [-0.39, 0.29) is 0 Å². The summed E-state index contributed by atoms with van der Waals surface area (Å²) in [5, 5.41) is 3.31. The molecule has 3 heteroatoms. The molecule has 1 N–H and O–H groups in total. The number of ether oxygens (including phenoxy) is 1. The lowest BCUT2D eigenvalue weighted by Gasteiger charge is -2.22. The van der Waals surface area contributed by atoms with Gasteiger partial charge in [0.05, 0.1) is 11.4 Å². The minimum atomic E-state index is 0.328. The number of rotatable bonds is 3. The molecule has 0 saturated heterocycles. The normalized spacial score (nSPS) is 19.5. The van der Waals surface area contributed by atoms with Crippen LogP contribution in [0.1, 0.15) is 18.9 Å². The average molecular weight is 294 g/mol. The highest BCUT2D eigenvalue weighted by Gasteiger charge is 2.15. The van der Waals surface area contributed by atoms with Crippen molar-refractivity contribution in [3.05, 3.63) is 48.2 Å². The van der Waals surface area contributed by atoms with E-state index in [1.165, 1.54) is 0 Å². The molecule has 2 rings (SSSR count). The van der Waals surface area contributed by atoms with E-state index in [0.717, 1.165) is 29.1 Å². The third kappa shape index (κ3) is 2.91. The first kappa shape index (κ1) is 12.2. The molecule has 0 aromatic heterocycles. The molecule has 1 aromatic rings. The predicted molar refractivity (Wildman–Crippen MR) is 75.2 cm³/mol. The Hall–Kier alpha value is -1.22. The SMILES string of the molecule is C=C1NC(c2ccc(OCC)cc2)=CCC1Br. The highest BCUT2D eigenvalue weighted by atomic mass is 79.9. The van der Waals surface area contributed by atoms with Gasteiger partial charge in [0, 0.05) is 11.4 Å². The molecule has 1 aliphatic heterocycles. The van der Waals surface area contributed by atoms with Gasteiger partial charge in [-0.3, -0.25) is 0 Å². The standard InChI is InChI=1S/C14H16BrNO/c1-3-17-12-6-4-11(5-7-12)14-9-8-13(15)10(2)16-14/h4-7,9,13,16H,2-3,8H2,1H3. The second-order valence-electron chi connectivity index (χ2n) is 3.93. The van der Waals surface area contributed by atoms with Gasteiger partial charge >= 0.3 is 0 Å². The topological polar surface area (TPSA) is 21.3 Å². The molecule has 0 saturated carbocycles. The maximum Gasteiger partial charge on any atom is 0.119 e. The van der Waals surface area contributed by atoms with Gasteiger partial charge in [0.1, 0.15) is 5.75 Å². The maximum atomic E-state index is 5.42. The largest absolute Gasteiger partial charge is 0.494 e. The monoisotopic (exact) mass is 293 g/mol. The molecule has 0 fully saturated rings. The zero-order chi connectivity index (χ0) is 12.3. The summed E-state index contributed by atoms with van der Waals surface area (Å²) in [4.78, 5) is 0.328. The summed E-state index contributed by atoms with van der Waals surface area (Å²) in [7, 11) is 0. The Morgan fingerprint density at radius 2 is 2.12 bits per heavy atom. The highest BCUT2D eigenvalue weighted by Crippen LogP contribution is 2.26. The van der Waals surface area contributed by atoms with Crippen LogP contribution < -0.4 is 10.1 Å². The van der Waals surface area contributed by atoms with Crippen molar-refractivity contribution in [3.63, 3.8) is 0 Å². The molecule has 0 aliphatic carbocycles. The van der Waals surface area contributed by atoms with Gasteiger partial charge < -0.3 is 10.1 Å².